The third-order valence-corrected chi connectivity index (χ3v) is 3.72. The van der Waals surface area contributed by atoms with Crippen LogP contribution in [0.4, 0.5) is 0 Å². The van der Waals surface area contributed by atoms with Crippen LogP contribution in [0.3, 0.4) is 0 Å². The Bertz CT molecular complexity index is 240. The van der Waals surface area contributed by atoms with Crippen molar-refractivity contribution < 1.29 is 14.3 Å². The van der Waals surface area contributed by atoms with Crippen LogP contribution in [-0.4, -0.2) is 38.4 Å². The summed E-state index contributed by atoms with van der Waals surface area (Å²) in [4.78, 5) is 11.1. The number of nitrogens with one attached hydrogen (secondary N) is 1. The minimum Gasteiger partial charge on any atom is -0.466 e. The van der Waals surface area contributed by atoms with Crippen molar-refractivity contribution in [3.05, 3.63) is 0 Å². The Kier molecular flexibility index (Phi) is 10.6. The lowest BCUT2D eigenvalue weighted by Crippen LogP contribution is -2.25. The molecule has 0 unspecified atom stereocenters. The number of unbranched alkanes of at least 4 members (excludes halogenated alkanes) is 2. The molecule has 118 valence electrons. The standard InChI is InChI=1S/C16H31NO3/c1-2-19-16(18)11-7-4-8-12-17-13-14-20-15-9-5-3-6-10-15/h15,17H,2-14H2,1H3. The third kappa shape index (κ3) is 9.32. The number of esters is 1. The molecule has 1 N–H and O–H groups in total. The van der Waals surface area contributed by atoms with Gasteiger partial charge in [-0.25, -0.2) is 0 Å². The molecule has 0 radical (unpaired) electrons. The highest BCUT2D eigenvalue weighted by Gasteiger charge is 2.12. The molecule has 4 nitrogen and oxygen atoms in total. The number of rotatable bonds is 11. The normalized spacial score (nSPS) is 16.2. The SMILES string of the molecule is CCOC(=O)CCCCCNCCOC1CCCCC1. The first-order chi connectivity index (χ1) is 9.83. The van der Waals surface area contributed by atoms with Gasteiger partial charge in [0.25, 0.3) is 0 Å². The first-order valence-electron chi connectivity index (χ1n) is 8.31. The lowest BCUT2D eigenvalue weighted by Gasteiger charge is -2.22. The monoisotopic (exact) mass is 285 g/mol. The fourth-order valence-electron chi connectivity index (χ4n) is 2.58. The van der Waals surface area contributed by atoms with E-state index < -0.39 is 0 Å². The van der Waals surface area contributed by atoms with E-state index in [1.54, 1.807) is 0 Å². The average Bonchev–Trinajstić information content (AvgIpc) is 2.47. The van der Waals surface area contributed by atoms with Gasteiger partial charge >= 0.3 is 5.97 Å². The molecular formula is C16H31NO3. The molecule has 0 spiro atoms. The van der Waals surface area contributed by atoms with Gasteiger partial charge in [-0.05, 0) is 39.2 Å². The van der Waals surface area contributed by atoms with Gasteiger partial charge in [0, 0.05) is 13.0 Å². The van der Waals surface area contributed by atoms with E-state index in [-0.39, 0.29) is 5.97 Å². The van der Waals surface area contributed by atoms with Crippen molar-refractivity contribution in [2.75, 3.05) is 26.3 Å². The van der Waals surface area contributed by atoms with Crippen LogP contribution in [0.15, 0.2) is 0 Å². The Morgan fingerprint density at radius 1 is 1.10 bits per heavy atom. The number of hydrogen-bond donors (Lipinski definition) is 1. The molecule has 0 aromatic rings. The summed E-state index contributed by atoms with van der Waals surface area (Å²) in [5.74, 6) is -0.0682. The van der Waals surface area contributed by atoms with E-state index in [9.17, 15) is 4.79 Å². The summed E-state index contributed by atoms with van der Waals surface area (Å²) in [6, 6.07) is 0. The highest BCUT2D eigenvalue weighted by atomic mass is 16.5. The largest absolute Gasteiger partial charge is 0.466 e. The van der Waals surface area contributed by atoms with Gasteiger partial charge in [-0.15, -0.1) is 0 Å². The minimum atomic E-state index is -0.0682. The number of hydrogen-bond acceptors (Lipinski definition) is 4. The fourth-order valence-corrected chi connectivity index (χ4v) is 2.58. The Balaban J connectivity index is 1.77. The van der Waals surface area contributed by atoms with Crippen molar-refractivity contribution in [1.82, 2.24) is 5.32 Å². The molecule has 1 aliphatic rings. The van der Waals surface area contributed by atoms with Gasteiger partial charge in [0.05, 0.1) is 19.3 Å². The lowest BCUT2D eigenvalue weighted by atomic mass is 9.98. The summed E-state index contributed by atoms with van der Waals surface area (Å²) in [6.07, 6.45) is 10.7. The van der Waals surface area contributed by atoms with Crippen LogP contribution in [0, 0.1) is 0 Å². The van der Waals surface area contributed by atoms with Crippen LogP contribution in [0.5, 0.6) is 0 Å². The second-order valence-electron chi connectivity index (χ2n) is 5.50. The smallest absolute Gasteiger partial charge is 0.305 e. The highest BCUT2D eigenvalue weighted by molar-refractivity contribution is 5.69. The van der Waals surface area contributed by atoms with Crippen molar-refractivity contribution >= 4 is 5.97 Å². The van der Waals surface area contributed by atoms with Crippen LogP contribution < -0.4 is 5.32 Å². The molecule has 1 rings (SSSR count). The van der Waals surface area contributed by atoms with Gasteiger partial charge < -0.3 is 14.8 Å². The van der Waals surface area contributed by atoms with E-state index in [1.165, 1.54) is 32.1 Å². The molecule has 0 atom stereocenters. The first-order valence-corrected chi connectivity index (χ1v) is 8.31. The van der Waals surface area contributed by atoms with Crippen molar-refractivity contribution in [3.8, 4) is 0 Å². The van der Waals surface area contributed by atoms with E-state index in [1.807, 2.05) is 6.92 Å². The molecule has 1 aliphatic carbocycles. The number of carbonyl (C=O) groups excluding carboxylic acids is 1. The van der Waals surface area contributed by atoms with Crippen molar-refractivity contribution in [2.45, 2.75) is 70.8 Å². The molecule has 0 heterocycles. The van der Waals surface area contributed by atoms with E-state index in [0.29, 0.717) is 19.1 Å². The van der Waals surface area contributed by atoms with E-state index >= 15 is 0 Å². The number of ether oxygens (including phenoxy) is 2. The molecule has 1 saturated carbocycles. The molecule has 4 heteroatoms. The van der Waals surface area contributed by atoms with Gasteiger partial charge in [-0.3, -0.25) is 4.79 Å². The summed E-state index contributed by atoms with van der Waals surface area (Å²) < 4.78 is 10.7. The van der Waals surface area contributed by atoms with Gasteiger partial charge in [0.2, 0.25) is 0 Å². The minimum absolute atomic E-state index is 0.0682. The predicted octanol–water partition coefficient (Wildman–Crippen LogP) is 3.05. The lowest BCUT2D eigenvalue weighted by molar-refractivity contribution is -0.143. The highest BCUT2D eigenvalue weighted by Crippen LogP contribution is 2.19. The quantitative estimate of drug-likeness (QED) is 0.468. The van der Waals surface area contributed by atoms with Crippen LogP contribution in [-0.2, 0) is 14.3 Å². The second kappa shape index (κ2) is 12.2. The maximum absolute atomic E-state index is 11.1. The first kappa shape index (κ1) is 17.4. The van der Waals surface area contributed by atoms with Gasteiger partial charge in [0.15, 0.2) is 0 Å². The Morgan fingerprint density at radius 3 is 2.65 bits per heavy atom. The maximum atomic E-state index is 11.1. The summed E-state index contributed by atoms with van der Waals surface area (Å²) in [7, 11) is 0. The summed E-state index contributed by atoms with van der Waals surface area (Å²) in [6.45, 7) is 5.11. The topological polar surface area (TPSA) is 47.6 Å². The molecular weight excluding hydrogens is 254 g/mol. The number of carbonyl (C=O) groups is 1. The summed E-state index contributed by atoms with van der Waals surface area (Å²) >= 11 is 0. The molecule has 0 bridgehead atoms. The Morgan fingerprint density at radius 2 is 1.90 bits per heavy atom. The second-order valence-corrected chi connectivity index (χ2v) is 5.50. The van der Waals surface area contributed by atoms with Crippen LogP contribution in [0.25, 0.3) is 0 Å². The van der Waals surface area contributed by atoms with Crippen LogP contribution in [0.1, 0.15) is 64.7 Å². The molecule has 20 heavy (non-hydrogen) atoms. The zero-order valence-electron chi connectivity index (χ0n) is 13.0. The molecule has 0 saturated heterocycles. The van der Waals surface area contributed by atoms with Crippen molar-refractivity contribution in [2.24, 2.45) is 0 Å². The predicted molar refractivity (Wildman–Crippen MR) is 80.8 cm³/mol. The van der Waals surface area contributed by atoms with Crippen molar-refractivity contribution in [1.29, 1.82) is 0 Å². The zero-order valence-corrected chi connectivity index (χ0v) is 13.0. The Hall–Kier alpha value is -0.610. The molecule has 0 amide bonds. The van der Waals surface area contributed by atoms with Crippen molar-refractivity contribution in [3.63, 3.8) is 0 Å². The zero-order chi connectivity index (χ0) is 14.5. The van der Waals surface area contributed by atoms with E-state index in [4.69, 9.17) is 9.47 Å². The molecule has 1 fully saturated rings. The summed E-state index contributed by atoms with van der Waals surface area (Å²) in [5.41, 5.74) is 0. The van der Waals surface area contributed by atoms with E-state index in [2.05, 4.69) is 5.32 Å². The average molecular weight is 285 g/mol. The maximum Gasteiger partial charge on any atom is 0.305 e. The molecule has 0 aliphatic heterocycles. The molecule has 0 aromatic heterocycles. The van der Waals surface area contributed by atoms with Crippen LogP contribution >= 0.6 is 0 Å². The summed E-state index contributed by atoms with van der Waals surface area (Å²) in [5, 5.41) is 3.40. The van der Waals surface area contributed by atoms with Gasteiger partial charge in [-0.1, -0.05) is 25.7 Å². The molecule has 0 aromatic carbocycles. The van der Waals surface area contributed by atoms with Gasteiger partial charge in [-0.2, -0.15) is 0 Å². The van der Waals surface area contributed by atoms with E-state index in [0.717, 1.165) is 39.0 Å². The third-order valence-electron chi connectivity index (χ3n) is 3.72. The Labute approximate surface area is 123 Å². The van der Waals surface area contributed by atoms with Gasteiger partial charge in [0.1, 0.15) is 0 Å². The fraction of sp³-hybridized carbons (Fsp3) is 0.938. The van der Waals surface area contributed by atoms with Crippen LogP contribution in [0.2, 0.25) is 0 Å².